The number of hydrogen-bond acceptors (Lipinski definition) is 4. The van der Waals surface area contributed by atoms with Crippen LogP contribution < -0.4 is 10.2 Å². The van der Waals surface area contributed by atoms with Crippen LogP contribution in [0.15, 0.2) is 0 Å². The van der Waals surface area contributed by atoms with Gasteiger partial charge in [-0.2, -0.15) is 0 Å². The molecule has 0 N–H and O–H groups in total. The van der Waals surface area contributed by atoms with Gasteiger partial charge in [0.2, 0.25) is 0 Å². The number of unbranched alkanes of at least 4 members (excludes halogenated alkanes) is 28. The van der Waals surface area contributed by atoms with Crippen LogP contribution in [-0.4, -0.2) is 79.2 Å². The zero-order chi connectivity index (χ0) is 29.8. The molecule has 0 saturated carbocycles. The van der Waals surface area contributed by atoms with Crippen LogP contribution in [0.1, 0.15) is 219 Å². The molecule has 6 heteroatoms. The summed E-state index contributed by atoms with van der Waals surface area (Å²) in [6.07, 6.45) is 39.7. The van der Waals surface area contributed by atoms with E-state index in [0.717, 1.165) is 25.7 Å². The molecule has 0 aromatic rings. The summed E-state index contributed by atoms with van der Waals surface area (Å²) in [6.45, 7) is 4.53. The molecule has 0 radical (unpaired) electrons. The van der Waals surface area contributed by atoms with Crippen molar-refractivity contribution < 1.29 is 19.8 Å². The summed E-state index contributed by atoms with van der Waals surface area (Å²) in [5, 5.41) is 20.4. The van der Waals surface area contributed by atoms with Gasteiger partial charge in [-0.3, -0.25) is 0 Å². The molecule has 0 spiro atoms. The van der Waals surface area contributed by atoms with Crippen LogP contribution in [0.5, 0.6) is 0 Å². The van der Waals surface area contributed by atoms with E-state index in [1.807, 2.05) is 0 Å². The fraction of sp³-hybridized carbons (Fsp3) is 0.944. The van der Waals surface area contributed by atoms with Crippen molar-refractivity contribution in [2.45, 2.75) is 219 Å². The maximum atomic E-state index is 10.2. The van der Waals surface area contributed by atoms with E-state index in [4.69, 9.17) is 0 Å². The minimum absolute atomic E-state index is 0. The number of carbonyl (C=O) groups excluding carboxylic acids is 2. The first-order valence-corrected chi connectivity index (χ1v) is 17.9. The zero-order valence-electron chi connectivity index (χ0n) is 28.0. The molecular formula is C36H71CaNaO4. The maximum absolute atomic E-state index is 10.2. The van der Waals surface area contributed by atoms with Crippen molar-refractivity contribution in [2.24, 2.45) is 0 Å². The van der Waals surface area contributed by atoms with Crippen LogP contribution in [-0.2, 0) is 9.59 Å². The van der Waals surface area contributed by atoms with Gasteiger partial charge < -0.3 is 19.8 Å². The first-order valence-electron chi connectivity index (χ1n) is 17.9. The second kappa shape index (κ2) is 46.6. The topological polar surface area (TPSA) is 80.3 Å². The molecule has 42 heavy (non-hydrogen) atoms. The summed E-state index contributed by atoms with van der Waals surface area (Å²) in [4.78, 5) is 20.4. The van der Waals surface area contributed by atoms with Crippen molar-refractivity contribution in [3.05, 3.63) is 0 Å². The van der Waals surface area contributed by atoms with E-state index in [1.165, 1.54) is 167 Å². The average molecular weight is 631 g/mol. The van der Waals surface area contributed by atoms with Gasteiger partial charge in [-0.25, -0.2) is 0 Å². The number of rotatable bonds is 32. The Hall–Kier alpha value is 1.20. The summed E-state index contributed by atoms with van der Waals surface area (Å²) >= 11 is 0. The molecule has 0 aliphatic carbocycles. The first kappa shape index (κ1) is 50.1. The van der Waals surface area contributed by atoms with Gasteiger partial charge in [0.25, 0.3) is 0 Å². The predicted octanol–water partition coefficient (Wildman–Crippen LogP) is 8.97. The minimum atomic E-state index is -0.903. The van der Waals surface area contributed by atoms with Crippen molar-refractivity contribution in [2.75, 3.05) is 0 Å². The third-order valence-electron chi connectivity index (χ3n) is 7.97. The zero-order valence-corrected chi connectivity index (χ0v) is 30.2. The van der Waals surface area contributed by atoms with Crippen LogP contribution >= 0.6 is 0 Å². The van der Waals surface area contributed by atoms with Gasteiger partial charge in [0.1, 0.15) is 0 Å². The van der Waals surface area contributed by atoms with Gasteiger partial charge in [0, 0.05) is 11.9 Å². The summed E-state index contributed by atoms with van der Waals surface area (Å²) in [6, 6.07) is 0. The van der Waals surface area contributed by atoms with E-state index >= 15 is 0 Å². The fourth-order valence-electron chi connectivity index (χ4n) is 5.28. The fourth-order valence-corrected chi connectivity index (χ4v) is 5.28. The Morgan fingerprint density at radius 1 is 0.333 bits per heavy atom. The molecule has 242 valence electrons. The normalized spacial score (nSPS) is 10.3. The Kier molecular flexibility index (Phi) is 55.6. The molecule has 0 aromatic carbocycles. The number of aliphatic carboxylic acids is 2. The molecule has 0 atom stereocenters. The van der Waals surface area contributed by atoms with Crippen molar-refractivity contribution >= 4 is 79.2 Å². The molecule has 4 nitrogen and oxygen atoms in total. The van der Waals surface area contributed by atoms with Crippen molar-refractivity contribution in [3.63, 3.8) is 0 Å². The molecule has 0 aliphatic heterocycles. The molecule has 0 rings (SSSR count). The quantitative estimate of drug-likeness (QED) is 0.0549. The van der Waals surface area contributed by atoms with E-state index in [2.05, 4.69) is 13.8 Å². The van der Waals surface area contributed by atoms with E-state index in [-0.39, 0.29) is 80.1 Å². The standard InChI is InChI=1S/2C18H36O2.Ca.Na.H/c2*1-2-3-4-5-6-7-8-9-10-11-12-13-14-15-16-17-18(19)20;;;/h2*2-17H2,1H3,(H,19,20);;;/q;;+2;;/p-2. The molecule has 0 saturated heterocycles. The second-order valence-corrected chi connectivity index (χ2v) is 12.1. The van der Waals surface area contributed by atoms with Gasteiger partial charge in [-0.05, 0) is 25.7 Å². The molecule has 0 aromatic heterocycles. The number of carboxylic acids is 2. The van der Waals surface area contributed by atoms with Gasteiger partial charge in [0.15, 0.2) is 0 Å². The van der Waals surface area contributed by atoms with Crippen molar-refractivity contribution in [3.8, 4) is 0 Å². The van der Waals surface area contributed by atoms with Crippen LogP contribution in [0.3, 0.4) is 0 Å². The molecule has 0 amide bonds. The summed E-state index contributed by atoms with van der Waals surface area (Å²) in [5.74, 6) is -1.81. The van der Waals surface area contributed by atoms with Gasteiger partial charge in [-0.1, -0.05) is 194 Å². The van der Waals surface area contributed by atoms with Crippen LogP contribution in [0.2, 0.25) is 0 Å². The molecule has 0 heterocycles. The molecule has 0 fully saturated rings. The summed E-state index contributed by atoms with van der Waals surface area (Å²) < 4.78 is 0. The Bertz CT molecular complexity index is 461. The number of hydrogen-bond donors (Lipinski definition) is 0. The predicted molar refractivity (Wildman–Crippen MR) is 182 cm³/mol. The summed E-state index contributed by atoms with van der Waals surface area (Å²) in [5.41, 5.74) is 0. The van der Waals surface area contributed by atoms with E-state index in [0.29, 0.717) is 0 Å². The van der Waals surface area contributed by atoms with Gasteiger partial charge in [0.05, 0.1) is 0 Å². The molecule has 0 bridgehead atoms. The monoisotopic (exact) mass is 630 g/mol. The average Bonchev–Trinajstić information content (AvgIpc) is 2.93. The summed E-state index contributed by atoms with van der Waals surface area (Å²) in [7, 11) is 0. The van der Waals surface area contributed by atoms with Crippen LogP contribution in [0, 0.1) is 0 Å². The molecule has 0 aliphatic rings. The number of carbonyl (C=O) groups is 2. The number of carboxylic acid groups (broad SMARTS) is 2. The Morgan fingerprint density at radius 2 is 0.476 bits per heavy atom. The SMILES string of the molecule is CCCCCCCCCCCCCCCCCC(=O)[O-].CCCCCCCCCCCCCCCCCC(=O)[O-].[Ca+2].[NaH]. The Labute approximate surface area is 315 Å². The Balaban J connectivity index is -0.000000328. The van der Waals surface area contributed by atoms with E-state index in [9.17, 15) is 19.8 Å². The van der Waals surface area contributed by atoms with Gasteiger partial charge >= 0.3 is 67.3 Å². The van der Waals surface area contributed by atoms with Crippen molar-refractivity contribution in [1.29, 1.82) is 0 Å². The third-order valence-corrected chi connectivity index (χ3v) is 7.97. The van der Waals surface area contributed by atoms with Gasteiger partial charge in [-0.15, -0.1) is 0 Å². The van der Waals surface area contributed by atoms with Crippen molar-refractivity contribution in [1.82, 2.24) is 0 Å². The van der Waals surface area contributed by atoms with Crippen LogP contribution in [0.4, 0.5) is 0 Å². The first-order chi connectivity index (χ1) is 19.5. The third kappa shape index (κ3) is 53.7. The Morgan fingerprint density at radius 3 is 0.619 bits per heavy atom. The molecule has 0 unspecified atom stereocenters. The second-order valence-electron chi connectivity index (χ2n) is 12.1. The van der Waals surface area contributed by atoms with E-state index in [1.54, 1.807) is 0 Å². The van der Waals surface area contributed by atoms with E-state index < -0.39 is 11.9 Å². The van der Waals surface area contributed by atoms with Crippen LogP contribution in [0.25, 0.3) is 0 Å². The molecular weight excluding hydrogens is 559 g/mol.